The summed E-state index contributed by atoms with van der Waals surface area (Å²) in [6, 6.07) is 14.7. The van der Waals surface area contributed by atoms with E-state index in [9.17, 15) is 5.11 Å². The molecule has 0 saturated carbocycles. The van der Waals surface area contributed by atoms with Gasteiger partial charge in [-0.3, -0.25) is 0 Å². The third kappa shape index (κ3) is 5.57. The first kappa shape index (κ1) is 20.0. The molecule has 0 spiro atoms. The Balaban J connectivity index is 0.00000139. The normalized spacial score (nSPS) is 9.88. The highest BCUT2D eigenvalue weighted by Gasteiger charge is 2.10. The highest BCUT2D eigenvalue weighted by molar-refractivity contribution is 5.82. The van der Waals surface area contributed by atoms with Crippen molar-refractivity contribution in [1.82, 2.24) is 0 Å². The predicted octanol–water partition coefficient (Wildman–Crippen LogP) is 5.17. The van der Waals surface area contributed by atoms with Crippen molar-refractivity contribution in [3.8, 4) is 11.1 Å². The smallest absolute Gasteiger partial charge is 0.0471 e. The molecule has 0 heterocycles. The lowest BCUT2D eigenvalue weighted by Crippen LogP contribution is -2.04. The second-order valence-electron chi connectivity index (χ2n) is 5.35. The van der Waals surface area contributed by atoms with Crippen molar-refractivity contribution in [2.24, 2.45) is 0 Å². The van der Waals surface area contributed by atoms with Crippen LogP contribution in [-0.4, -0.2) is 24.8 Å². The van der Waals surface area contributed by atoms with Gasteiger partial charge in [-0.1, -0.05) is 51.1 Å². The summed E-state index contributed by atoms with van der Waals surface area (Å²) in [5, 5.41) is 16.2. The van der Waals surface area contributed by atoms with Crippen molar-refractivity contribution in [1.29, 1.82) is 0 Å². The van der Waals surface area contributed by atoms with Crippen molar-refractivity contribution in [3.63, 3.8) is 0 Å². The van der Waals surface area contributed by atoms with Crippen LogP contribution in [0.15, 0.2) is 42.5 Å². The van der Waals surface area contributed by atoms with Crippen molar-refractivity contribution < 1.29 is 5.11 Å². The van der Waals surface area contributed by atoms with Gasteiger partial charge in [-0.25, -0.2) is 0 Å². The summed E-state index contributed by atoms with van der Waals surface area (Å²) >= 11 is 0. The van der Waals surface area contributed by atoms with Gasteiger partial charge >= 0.3 is 0 Å². The van der Waals surface area contributed by atoms with E-state index in [0.717, 1.165) is 30.9 Å². The Hall–Kier alpha value is -2.00. The van der Waals surface area contributed by atoms with E-state index in [4.69, 9.17) is 0 Å². The molecule has 0 amide bonds. The second-order valence-corrected chi connectivity index (χ2v) is 5.35. The summed E-state index contributed by atoms with van der Waals surface area (Å²) in [6.45, 7) is 10.3. The minimum atomic E-state index is 0.171. The number of rotatable bonds is 8. The molecule has 2 aromatic rings. The zero-order valence-electron chi connectivity index (χ0n) is 15.5. The Morgan fingerprint density at radius 1 is 0.917 bits per heavy atom. The average Bonchev–Trinajstić information content (AvgIpc) is 2.63. The van der Waals surface area contributed by atoms with Gasteiger partial charge in [0.2, 0.25) is 0 Å². The van der Waals surface area contributed by atoms with Gasteiger partial charge in [-0.2, -0.15) is 0 Å². The van der Waals surface area contributed by atoms with E-state index in [-0.39, 0.29) is 6.61 Å². The number of anilines is 2. The zero-order valence-corrected chi connectivity index (χ0v) is 15.5. The van der Waals surface area contributed by atoms with Crippen LogP contribution in [0.25, 0.3) is 11.1 Å². The number of hydrogen-bond acceptors (Lipinski definition) is 3. The van der Waals surface area contributed by atoms with Crippen LogP contribution in [0.1, 0.15) is 39.7 Å². The van der Waals surface area contributed by atoms with Gasteiger partial charge in [-0.05, 0) is 43.0 Å². The SMILES string of the molecule is CC.CCCNc1cc(NCC)ccc1-c1ccccc1CCO. The van der Waals surface area contributed by atoms with Crippen LogP contribution in [0, 0.1) is 0 Å². The fourth-order valence-corrected chi connectivity index (χ4v) is 2.62. The van der Waals surface area contributed by atoms with Crippen molar-refractivity contribution in [2.75, 3.05) is 30.3 Å². The standard InChI is InChI=1S/C19H26N2O.C2H6/c1-3-12-21-19-14-16(20-4-2)9-10-18(19)17-8-6-5-7-15(17)11-13-22;1-2/h5-10,14,20-22H,3-4,11-13H2,1-2H3;1-2H3. The molecule has 0 bridgehead atoms. The molecule has 0 saturated heterocycles. The first-order valence-electron chi connectivity index (χ1n) is 9.11. The first-order chi connectivity index (χ1) is 11.8. The van der Waals surface area contributed by atoms with Gasteiger partial charge in [0, 0.05) is 36.6 Å². The Kier molecular flexibility index (Phi) is 9.62. The summed E-state index contributed by atoms with van der Waals surface area (Å²) in [5.74, 6) is 0. The minimum absolute atomic E-state index is 0.171. The Morgan fingerprint density at radius 2 is 1.67 bits per heavy atom. The lowest BCUT2D eigenvalue weighted by Gasteiger charge is -2.16. The van der Waals surface area contributed by atoms with E-state index in [2.05, 4.69) is 60.9 Å². The zero-order chi connectivity index (χ0) is 17.8. The quantitative estimate of drug-likeness (QED) is 0.626. The molecule has 0 unspecified atom stereocenters. The topological polar surface area (TPSA) is 44.3 Å². The van der Waals surface area contributed by atoms with Crippen molar-refractivity contribution >= 4 is 11.4 Å². The second kappa shape index (κ2) is 11.5. The number of hydrogen-bond donors (Lipinski definition) is 3. The molecular weight excluding hydrogens is 296 g/mol. The van der Waals surface area contributed by atoms with E-state index in [1.807, 2.05) is 19.9 Å². The highest BCUT2D eigenvalue weighted by Crippen LogP contribution is 2.33. The van der Waals surface area contributed by atoms with Crippen LogP contribution < -0.4 is 10.6 Å². The van der Waals surface area contributed by atoms with Gasteiger partial charge in [0.05, 0.1) is 0 Å². The summed E-state index contributed by atoms with van der Waals surface area (Å²) in [4.78, 5) is 0. The predicted molar refractivity (Wildman–Crippen MR) is 107 cm³/mol. The fraction of sp³-hybridized carbons (Fsp3) is 0.429. The molecule has 0 aliphatic heterocycles. The summed E-state index contributed by atoms with van der Waals surface area (Å²) in [5.41, 5.74) is 5.84. The Labute approximate surface area is 147 Å². The maximum Gasteiger partial charge on any atom is 0.0471 e. The van der Waals surface area contributed by atoms with Crippen LogP contribution in [0.5, 0.6) is 0 Å². The number of benzene rings is 2. The van der Waals surface area contributed by atoms with E-state index in [1.54, 1.807) is 0 Å². The molecule has 3 nitrogen and oxygen atoms in total. The van der Waals surface area contributed by atoms with Gasteiger partial charge < -0.3 is 15.7 Å². The highest BCUT2D eigenvalue weighted by atomic mass is 16.2. The Morgan fingerprint density at radius 3 is 2.33 bits per heavy atom. The first-order valence-corrected chi connectivity index (χ1v) is 9.11. The lowest BCUT2D eigenvalue weighted by molar-refractivity contribution is 0.300. The number of aliphatic hydroxyl groups is 1. The van der Waals surface area contributed by atoms with Crippen molar-refractivity contribution in [2.45, 2.75) is 40.5 Å². The molecular formula is C21H32N2O. The molecule has 0 aliphatic carbocycles. The van der Waals surface area contributed by atoms with E-state index in [1.165, 1.54) is 16.7 Å². The molecule has 2 rings (SSSR count). The Bertz CT molecular complexity index is 596. The lowest BCUT2D eigenvalue weighted by atomic mass is 9.96. The van der Waals surface area contributed by atoms with Crippen LogP contribution in [0.2, 0.25) is 0 Å². The molecule has 24 heavy (non-hydrogen) atoms. The van der Waals surface area contributed by atoms with Crippen LogP contribution in [-0.2, 0) is 6.42 Å². The van der Waals surface area contributed by atoms with E-state index < -0.39 is 0 Å². The van der Waals surface area contributed by atoms with Crippen LogP contribution in [0.4, 0.5) is 11.4 Å². The third-order valence-corrected chi connectivity index (χ3v) is 3.65. The average molecular weight is 329 g/mol. The molecule has 0 aromatic heterocycles. The maximum absolute atomic E-state index is 9.29. The summed E-state index contributed by atoms with van der Waals surface area (Å²) < 4.78 is 0. The van der Waals surface area contributed by atoms with Gasteiger partial charge in [0.25, 0.3) is 0 Å². The summed E-state index contributed by atoms with van der Waals surface area (Å²) in [7, 11) is 0. The molecule has 0 fully saturated rings. The van der Waals surface area contributed by atoms with Crippen molar-refractivity contribution in [3.05, 3.63) is 48.0 Å². The van der Waals surface area contributed by atoms with Gasteiger partial charge in [-0.15, -0.1) is 0 Å². The van der Waals surface area contributed by atoms with E-state index in [0.29, 0.717) is 6.42 Å². The minimum Gasteiger partial charge on any atom is -0.396 e. The molecule has 2 aromatic carbocycles. The summed E-state index contributed by atoms with van der Waals surface area (Å²) in [6.07, 6.45) is 1.77. The van der Waals surface area contributed by atoms with Gasteiger partial charge in [0.1, 0.15) is 0 Å². The van der Waals surface area contributed by atoms with Crippen LogP contribution in [0.3, 0.4) is 0 Å². The largest absolute Gasteiger partial charge is 0.396 e. The van der Waals surface area contributed by atoms with Crippen LogP contribution >= 0.6 is 0 Å². The maximum atomic E-state index is 9.29. The molecule has 132 valence electrons. The molecule has 0 atom stereocenters. The molecule has 3 heteroatoms. The monoisotopic (exact) mass is 328 g/mol. The van der Waals surface area contributed by atoms with E-state index >= 15 is 0 Å². The molecule has 0 radical (unpaired) electrons. The number of aliphatic hydroxyl groups excluding tert-OH is 1. The molecule has 0 aliphatic rings. The fourth-order valence-electron chi connectivity index (χ4n) is 2.62. The van der Waals surface area contributed by atoms with Gasteiger partial charge in [0.15, 0.2) is 0 Å². The number of nitrogens with one attached hydrogen (secondary N) is 2. The third-order valence-electron chi connectivity index (χ3n) is 3.65. The molecule has 3 N–H and O–H groups in total.